The van der Waals surface area contributed by atoms with E-state index < -0.39 is 17.9 Å². The third-order valence-electron chi connectivity index (χ3n) is 4.53. The van der Waals surface area contributed by atoms with Crippen molar-refractivity contribution in [3.8, 4) is 35.3 Å². The summed E-state index contributed by atoms with van der Waals surface area (Å²) in [5.74, 6) is 2.05. The first-order chi connectivity index (χ1) is 14.6. The van der Waals surface area contributed by atoms with E-state index in [1.165, 1.54) is 18.2 Å². The van der Waals surface area contributed by atoms with Gasteiger partial charge in [-0.15, -0.1) is 19.6 Å². The van der Waals surface area contributed by atoms with E-state index in [-0.39, 0.29) is 18.8 Å². The van der Waals surface area contributed by atoms with E-state index in [1.54, 1.807) is 25.1 Å². The van der Waals surface area contributed by atoms with Gasteiger partial charge in [0.1, 0.15) is 23.0 Å². The van der Waals surface area contributed by atoms with Crippen LogP contribution in [0.15, 0.2) is 36.4 Å². The van der Waals surface area contributed by atoms with Gasteiger partial charge >= 0.3 is 12.3 Å². The summed E-state index contributed by atoms with van der Waals surface area (Å²) >= 11 is 0. The Labute approximate surface area is 176 Å². The lowest BCUT2D eigenvalue weighted by Gasteiger charge is -2.16. The third kappa shape index (κ3) is 5.34. The molecule has 0 unspecified atom stereocenters. The van der Waals surface area contributed by atoms with Crippen LogP contribution in [0, 0.1) is 19.3 Å². The van der Waals surface area contributed by atoms with Gasteiger partial charge in [0.15, 0.2) is 0 Å². The van der Waals surface area contributed by atoms with Crippen LogP contribution in [0.1, 0.15) is 17.5 Å². The number of hydrogen-bond donors (Lipinski definition) is 1. The van der Waals surface area contributed by atoms with E-state index in [0.29, 0.717) is 41.4 Å². The van der Waals surface area contributed by atoms with Crippen molar-refractivity contribution in [2.45, 2.75) is 31.7 Å². The standard InChI is InChI=1S/C22H19F3O6/c1-3-21(20(26)27)13-15-12-16(5-8-19(15)31-21)28-9-4-10-29-18-7-6-17(11-14(18)2)30-22(23,24)25/h1,5-8,11-12H,4,9-10,13H2,2H3,(H,26,27)/t21-/m0/s1. The highest BCUT2D eigenvalue weighted by atomic mass is 19.4. The van der Waals surface area contributed by atoms with E-state index in [9.17, 15) is 23.1 Å². The number of aryl methyl sites for hydroxylation is 1. The van der Waals surface area contributed by atoms with Crippen LogP contribution in [0.25, 0.3) is 0 Å². The Morgan fingerprint density at radius 3 is 2.55 bits per heavy atom. The maximum absolute atomic E-state index is 12.3. The van der Waals surface area contributed by atoms with Crippen molar-refractivity contribution in [1.82, 2.24) is 0 Å². The van der Waals surface area contributed by atoms with E-state index in [1.807, 2.05) is 0 Å². The van der Waals surface area contributed by atoms with Crippen molar-refractivity contribution in [2.24, 2.45) is 0 Å². The molecule has 0 saturated carbocycles. The average Bonchev–Trinajstić information content (AvgIpc) is 3.07. The van der Waals surface area contributed by atoms with Gasteiger partial charge in [0.25, 0.3) is 5.60 Å². The highest BCUT2D eigenvalue weighted by Gasteiger charge is 2.45. The van der Waals surface area contributed by atoms with Gasteiger partial charge in [0, 0.05) is 18.4 Å². The van der Waals surface area contributed by atoms with Gasteiger partial charge in [0.05, 0.1) is 13.2 Å². The summed E-state index contributed by atoms with van der Waals surface area (Å²) in [7, 11) is 0. The molecule has 0 radical (unpaired) electrons. The van der Waals surface area contributed by atoms with Crippen LogP contribution >= 0.6 is 0 Å². The van der Waals surface area contributed by atoms with Crippen molar-refractivity contribution in [3.63, 3.8) is 0 Å². The van der Waals surface area contributed by atoms with Crippen molar-refractivity contribution >= 4 is 5.97 Å². The fourth-order valence-corrected chi connectivity index (χ4v) is 3.05. The normalized spacial score (nSPS) is 17.3. The quantitative estimate of drug-likeness (QED) is 0.496. The number of carboxylic acid groups (broad SMARTS) is 1. The molecule has 9 heteroatoms. The van der Waals surface area contributed by atoms with E-state index in [4.69, 9.17) is 20.6 Å². The summed E-state index contributed by atoms with van der Waals surface area (Å²) in [5, 5.41) is 9.31. The van der Waals surface area contributed by atoms with Gasteiger partial charge in [-0.05, 0) is 54.8 Å². The predicted molar refractivity (Wildman–Crippen MR) is 103 cm³/mol. The average molecular weight is 436 g/mol. The molecule has 0 aliphatic carbocycles. The first-order valence-corrected chi connectivity index (χ1v) is 9.27. The zero-order valence-corrected chi connectivity index (χ0v) is 16.5. The number of ether oxygens (including phenoxy) is 4. The van der Waals surface area contributed by atoms with Crippen LogP contribution in [0.5, 0.6) is 23.0 Å². The van der Waals surface area contributed by atoms with Gasteiger partial charge in [-0.25, -0.2) is 4.79 Å². The first-order valence-electron chi connectivity index (χ1n) is 9.27. The number of hydrogen-bond acceptors (Lipinski definition) is 5. The summed E-state index contributed by atoms with van der Waals surface area (Å²) in [6, 6.07) is 8.79. The van der Waals surface area contributed by atoms with Crippen molar-refractivity contribution in [3.05, 3.63) is 47.5 Å². The second kappa shape index (κ2) is 8.68. The zero-order valence-electron chi connectivity index (χ0n) is 16.5. The number of rotatable bonds is 8. The number of carboxylic acids is 1. The lowest BCUT2D eigenvalue weighted by atomic mass is 9.98. The highest BCUT2D eigenvalue weighted by Crippen LogP contribution is 2.37. The van der Waals surface area contributed by atoms with Crippen LogP contribution in [-0.4, -0.2) is 36.3 Å². The van der Waals surface area contributed by atoms with E-state index >= 15 is 0 Å². The molecule has 1 aliphatic rings. The molecular weight excluding hydrogens is 417 g/mol. The molecule has 31 heavy (non-hydrogen) atoms. The van der Waals surface area contributed by atoms with Crippen LogP contribution in [-0.2, 0) is 11.2 Å². The molecule has 0 amide bonds. The van der Waals surface area contributed by atoms with Crippen LogP contribution in [0.2, 0.25) is 0 Å². The largest absolute Gasteiger partial charge is 0.573 e. The molecule has 1 aliphatic heterocycles. The van der Waals surface area contributed by atoms with Crippen LogP contribution < -0.4 is 18.9 Å². The monoisotopic (exact) mass is 436 g/mol. The Kier molecular flexibility index (Phi) is 6.20. The molecular formula is C22H19F3O6. The summed E-state index contributed by atoms with van der Waals surface area (Å²) in [6.07, 6.45) is 1.15. The number of carbonyl (C=O) groups is 1. The molecule has 1 N–H and O–H groups in total. The van der Waals surface area contributed by atoms with Crippen molar-refractivity contribution in [1.29, 1.82) is 0 Å². The molecule has 1 atom stereocenters. The molecule has 0 spiro atoms. The molecule has 0 aromatic heterocycles. The smallest absolute Gasteiger partial charge is 0.493 e. The number of fused-ring (bicyclic) bond motifs is 1. The molecule has 1 heterocycles. The van der Waals surface area contributed by atoms with Gasteiger partial charge < -0.3 is 24.1 Å². The number of benzene rings is 2. The van der Waals surface area contributed by atoms with Crippen LogP contribution in [0.4, 0.5) is 13.2 Å². The Morgan fingerprint density at radius 1 is 1.19 bits per heavy atom. The summed E-state index contributed by atoms with van der Waals surface area (Å²) < 4.78 is 57.3. The van der Waals surface area contributed by atoms with Crippen LogP contribution in [0.3, 0.4) is 0 Å². The fourth-order valence-electron chi connectivity index (χ4n) is 3.05. The minimum atomic E-state index is -4.74. The van der Waals surface area contributed by atoms with E-state index in [0.717, 1.165) is 0 Å². The fraction of sp³-hybridized carbons (Fsp3) is 0.318. The number of aliphatic carboxylic acids is 1. The molecule has 6 nitrogen and oxygen atoms in total. The minimum Gasteiger partial charge on any atom is -0.493 e. The Bertz CT molecular complexity index is 1010. The lowest BCUT2D eigenvalue weighted by molar-refractivity contribution is -0.274. The summed E-state index contributed by atoms with van der Waals surface area (Å²) in [5.41, 5.74) is -0.546. The summed E-state index contributed by atoms with van der Waals surface area (Å²) in [4.78, 5) is 11.4. The maximum atomic E-state index is 12.3. The lowest BCUT2D eigenvalue weighted by Crippen LogP contribution is -2.41. The SMILES string of the molecule is C#C[C@@]1(C(=O)O)Cc2cc(OCCCOc3ccc(OC(F)(F)F)cc3C)ccc2O1. The third-order valence-corrected chi connectivity index (χ3v) is 4.53. The molecule has 0 saturated heterocycles. The van der Waals surface area contributed by atoms with Gasteiger partial charge in [-0.2, -0.15) is 0 Å². The molecule has 2 aromatic rings. The number of alkyl halides is 3. The van der Waals surface area contributed by atoms with E-state index in [2.05, 4.69) is 10.7 Å². The zero-order chi connectivity index (χ0) is 22.6. The number of terminal acetylenes is 1. The second-order valence-electron chi connectivity index (χ2n) is 6.85. The molecule has 0 bridgehead atoms. The Balaban J connectivity index is 1.47. The van der Waals surface area contributed by atoms with Gasteiger partial charge in [-0.1, -0.05) is 0 Å². The second-order valence-corrected chi connectivity index (χ2v) is 6.85. The molecule has 2 aromatic carbocycles. The van der Waals surface area contributed by atoms with Crippen molar-refractivity contribution in [2.75, 3.05) is 13.2 Å². The van der Waals surface area contributed by atoms with Gasteiger partial charge in [-0.3, -0.25) is 0 Å². The van der Waals surface area contributed by atoms with Gasteiger partial charge in [0.2, 0.25) is 0 Å². The Morgan fingerprint density at radius 2 is 1.90 bits per heavy atom. The first kappa shape index (κ1) is 22.2. The predicted octanol–water partition coefficient (Wildman–Crippen LogP) is 4.13. The Hall–Kier alpha value is -3.54. The minimum absolute atomic E-state index is 0.0435. The maximum Gasteiger partial charge on any atom is 0.573 e. The molecule has 0 fully saturated rings. The van der Waals surface area contributed by atoms with Crippen molar-refractivity contribution < 1.29 is 42.0 Å². The highest BCUT2D eigenvalue weighted by molar-refractivity contribution is 5.84. The number of halogens is 3. The molecule has 3 rings (SSSR count). The molecule has 164 valence electrons. The summed E-state index contributed by atoms with van der Waals surface area (Å²) in [6.45, 7) is 2.22. The topological polar surface area (TPSA) is 74.2 Å².